The summed E-state index contributed by atoms with van der Waals surface area (Å²) in [6, 6.07) is 6.22. The number of thiazole rings is 1. The average molecular weight is 427 g/mol. The first-order valence-corrected chi connectivity index (χ1v) is 11.0. The van der Waals surface area contributed by atoms with Gasteiger partial charge < -0.3 is 15.6 Å². The molecule has 2 aromatic heterocycles. The molecule has 9 heteroatoms. The van der Waals surface area contributed by atoms with Crippen molar-refractivity contribution in [2.45, 2.75) is 32.7 Å². The van der Waals surface area contributed by atoms with Crippen LogP contribution in [-0.4, -0.2) is 51.8 Å². The van der Waals surface area contributed by atoms with Crippen LogP contribution < -0.4 is 10.6 Å². The number of anilines is 1. The molecule has 0 unspecified atom stereocenters. The summed E-state index contributed by atoms with van der Waals surface area (Å²) in [5, 5.41) is 7.85. The van der Waals surface area contributed by atoms with E-state index < -0.39 is 0 Å². The van der Waals surface area contributed by atoms with Gasteiger partial charge in [0.1, 0.15) is 5.82 Å². The fourth-order valence-electron chi connectivity index (χ4n) is 3.72. The van der Waals surface area contributed by atoms with E-state index in [1.165, 1.54) is 16.9 Å². The third-order valence-corrected chi connectivity index (χ3v) is 6.23. The van der Waals surface area contributed by atoms with E-state index in [1.807, 2.05) is 11.4 Å². The minimum atomic E-state index is -0.0925. The van der Waals surface area contributed by atoms with Crippen LogP contribution in [0.3, 0.4) is 0 Å². The summed E-state index contributed by atoms with van der Waals surface area (Å²) < 4.78 is 0. The van der Waals surface area contributed by atoms with Crippen LogP contribution in [0, 0.1) is 12.8 Å². The predicted molar refractivity (Wildman–Crippen MR) is 117 cm³/mol. The third-order valence-electron chi connectivity index (χ3n) is 5.42. The van der Waals surface area contributed by atoms with Gasteiger partial charge >= 0.3 is 0 Å². The Balaban J connectivity index is 1.27. The molecule has 4 rings (SSSR count). The van der Waals surface area contributed by atoms with Crippen molar-refractivity contribution in [1.82, 2.24) is 25.2 Å². The van der Waals surface area contributed by atoms with Crippen molar-refractivity contribution in [2.24, 2.45) is 5.92 Å². The van der Waals surface area contributed by atoms with Gasteiger partial charge in [-0.3, -0.25) is 14.5 Å². The first-order chi connectivity index (χ1) is 14.5. The molecule has 1 saturated heterocycles. The number of nitrogens with zero attached hydrogens (tertiary/aromatic N) is 3. The molecule has 3 N–H and O–H groups in total. The number of imidazole rings is 1. The number of likely N-dealkylation sites (N-methyl/N-ethyl adjacent to an activating group) is 1. The number of hydrogen-bond acceptors (Lipinski definition) is 6. The van der Waals surface area contributed by atoms with Crippen molar-refractivity contribution >= 4 is 39.3 Å². The van der Waals surface area contributed by atoms with E-state index >= 15 is 0 Å². The van der Waals surface area contributed by atoms with Crippen LogP contribution in [0.4, 0.5) is 5.13 Å². The highest BCUT2D eigenvalue weighted by molar-refractivity contribution is 7.13. The lowest BCUT2D eigenvalue weighted by Gasteiger charge is -2.30. The summed E-state index contributed by atoms with van der Waals surface area (Å²) in [5.41, 5.74) is 3.94. The van der Waals surface area contributed by atoms with E-state index in [0.717, 1.165) is 49.3 Å². The van der Waals surface area contributed by atoms with E-state index in [1.54, 1.807) is 7.05 Å². The Bertz CT molecular complexity index is 1050. The third kappa shape index (κ3) is 4.85. The highest BCUT2D eigenvalue weighted by Crippen LogP contribution is 2.23. The monoisotopic (exact) mass is 426 g/mol. The second kappa shape index (κ2) is 8.93. The normalized spacial score (nSPS) is 15.4. The Kier molecular flexibility index (Phi) is 6.10. The number of piperidine rings is 1. The van der Waals surface area contributed by atoms with Crippen LogP contribution in [0.25, 0.3) is 11.0 Å². The van der Waals surface area contributed by atoms with E-state index in [4.69, 9.17) is 0 Å². The number of aromatic nitrogens is 3. The molecule has 0 atom stereocenters. The zero-order valence-electron chi connectivity index (χ0n) is 17.2. The maximum Gasteiger partial charge on any atom is 0.229 e. The van der Waals surface area contributed by atoms with Crippen LogP contribution in [0.1, 0.15) is 29.9 Å². The highest BCUT2D eigenvalue weighted by Gasteiger charge is 2.26. The van der Waals surface area contributed by atoms with Crippen LogP contribution in [0.15, 0.2) is 23.6 Å². The maximum atomic E-state index is 12.6. The zero-order chi connectivity index (χ0) is 21.1. The summed E-state index contributed by atoms with van der Waals surface area (Å²) in [6.45, 7) is 4.55. The summed E-state index contributed by atoms with van der Waals surface area (Å²) in [5.74, 6) is 0.857. The van der Waals surface area contributed by atoms with Gasteiger partial charge in [0, 0.05) is 18.3 Å². The molecule has 1 aliphatic heterocycles. The lowest BCUT2D eigenvalue weighted by atomic mass is 9.96. The summed E-state index contributed by atoms with van der Waals surface area (Å²) in [7, 11) is 1.60. The SMILES string of the molecule is CNC(=O)Cc1csc(NC(=O)C2CCN(Cc3nc4ccc(C)cc4[nH]3)CC2)n1. The molecular weight excluding hydrogens is 400 g/mol. The standard InChI is InChI=1S/C21H26N6O2S/c1-13-3-4-16-17(9-13)25-18(24-16)11-27-7-5-14(6-8-27)20(29)26-21-23-15(12-30-21)10-19(28)22-2/h3-4,9,12,14H,5-8,10-11H2,1-2H3,(H,22,28)(H,24,25)(H,23,26,29). The summed E-state index contributed by atoms with van der Waals surface area (Å²) in [4.78, 5) is 38.8. The fraction of sp³-hybridized carbons (Fsp3) is 0.429. The summed E-state index contributed by atoms with van der Waals surface area (Å²) >= 11 is 1.35. The molecule has 0 bridgehead atoms. The van der Waals surface area contributed by atoms with Gasteiger partial charge in [0.05, 0.1) is 29.7 Å². The molecule has 2 amide bonds. The van der Waals surface area contributed by atoms with Crippen LogP contribution in [-0.2, 0) is 22.6 Å². The smallest absolute Gasteiger partial charge is 0.229 e. The zero-order valence-corrected chi connectivity index (χ0v) is 18.0. The Hall–Kier alpha value is -2.78. The first-order valence-electron chi connectivity index (χ1n) is 10.1. The minimum Gasteiger partial charge on any atom is -0.359 e. The summed E-state index contributed by atoms with van der Waals surface area (Å²) in [6.07, 6.45) is 1.84. The number of nitrogens with one attached hydrogen (secondary N) is 3. The Labute approximate surface area is 179 Å². The lowest BCUT2D eigenvalue weighted by molar-refractivity contribution is -0.121. The number of rotatable bonds is 6. The molecule has 30 heavy (non-hydrogen) atoms. The second-order valence-electron chi connectivity index (χ2n) is 7.74. The van der Waals surface area contributed by atoms with E-state index in [2.05, 4.69) is 49.5 Å². The number of carbonyl (C=O) groups excluding carboxylic acids is 2. The molecule has 3 heterocycles. The fourth-order valence-corrected chi connectivity index (χ4v) is 4.44. The number of aryl methyl sites for hydroxylation is 1. The molecule has 1 aliphatic rings. The second-order valence-corrected chi connectivity index (χ2v) is 8.60. The van der Waals surface area contributed by atoms with Crippen molar-refractivity contribution in [3.8, 4) is 0 Å². The molecule has 8 nitrogen and oxygen atoms in total. The lowest BCUT2D eigenvalue weighted by Crippen LogP contribution is -2.38. The molecule has 0 aliphatic carbocycles. The molecule has 0 spiro atoms. The van der Waals surface area contributed by atoms with Crippen molar-refractivity contribution in [3.05, 3.63) is 40.7 Å². The van der Waals surface area contributed by atoms with Crippen molar-refractivity contribution in [2.75, 3.05) is 25.5 Å². The van der Waals surface area contributed by atoms with E-state index in [0.29, 0.717) is 10.8 Å². The molecule has 1 aromatic carbocycles. The quantitative estimate of drug-likeness (QED) is 0.562. The van der Waals surface area contributed by atoms with Gasteiger partial charge in [0.2, 0.25) is 11.8 Å². The number of fused-ring (bicyclic) bond motifs is 1. The van der Waals surface area contributed by atoms with Crippen molar-refractivity contribution in [1.29, 1.82) is 0 Å². The first kappa shape index (κ1) is 20.5. The average Bonchev–Trinajstić information content (AvgIpc) is 3.34. The van der Waals surface area contributed by atoms with Gasteiger partial charge in [0.25, 0.3) is 0 Å². The topological polar surface area (TPSA) is 103 Å². The van der Waals surface area contributed by atoms with Crippen LogP contribution >= 0.6 is 11.3 Å². The van der Waals surface area contributed by atoms with Crippen molar-refractivity contribution < 1.29 is 9.59 Å². The van der Waals surface area contributed by atoms with Crippen LogP contribution in [0.2, 0.25) is 0 Å². The Morgan fingerprint density at radius 2 is 2.07 bits per heavy atom. The molecule has 0 saturated carbocycles. The number of amides is 2. The number of likely N-dealkylation sites (tertiary alicyclic amines) is 1. The molecule has 3 aromatic rings. The number of aromatic amines is 1. The largest absolute Gasteiger partial charge is 0.359 e. The Morgan fingerprint density at radius 3 is 2.83 bits per heavy atom. The number of benzene rings is 1. The van der Waals surface area contributed by atoms with Gasteiger partial charge in [-0.15, -0.1) is 11.3 Å². The Morgan fingerprint density at radius 1 is 1.27 bits per heavy atom. The highest BCUT2D eigenvalue weighted by atomic mass is 32.1. The van der Waals surface area contributed by atoms with Gasteiger partial charge in [-0.1, -0.05) is 6.07 Å². The van der Waals surface area contributed by atoms with Gasteiger partial charge in [-0.2, -0.15) is 0 Å². The maximum absolute atomic E-state index is 12.6. The van der Waals surface area contributed by atoms with Gasteiger partial charge in [0.15, 0.2) is 5.13 Å². The number of carbonyl (C=O) groups is 2. The minimum absolute atomic E-state index is 0.00899. The number of H-pyrrole nitrogens is 1. The van der Waals surface area contributed by atoms with Gasteiger partial charge in [-0.05, 0) is 50.6 Å². The molecule has 0 radical (unpaired) electrons. The van der Waals surface area contributed by atoms with Crippen molar-refractivity contribution in [3.63, 3.8) is 0 Å². The van der Waals surface area contributed by atoms with Gasteiger partial charge in [-0.25, -0.2) is 9.97 Å². The van der Waals surface area contributed by atoms with E-state index in [9.17, 15) is 9.59 Å². The molecular formula is C21H26N6O2S. The molecule has 1 fully saturated rings. The van der Waals surface area contributed by atoms with E-state index in [-0.39, 0.29) is 24.2 Å². The molecule has 158 valence electrons. The number of hydrogen-bond donors (Lipinski definition) is 3. The van der Waals surface area contributed by atoms with Crippen LogP contribution in [0.5, 0.6) is 0 Å². The predicted octanol–water partition coefficient (Wildman–Crippen LogP) is 2.47.